The van der Waals surface area contributed by atoms with E-state index in [4.69, 9.17) is 26.4 Å². The molecule has 0 bridgehead atoms. The molecule has 1 unspecified atom stereocenters. The SMILES string of the molecule is COCCOC(=O)CC1C(=O)NCCN1C(=S)NC(=O)c1cccc(OCCC(C)C)c1. The van der Waals surface area contributed by atoms with Gasteiger partial charge in [-0.25, -0.2) is 0 Å². The Bertz CT molecular complexity index is 817. The summed E-state index contributed by atoms with van der Waals surface area (Å²) in [5.41, 5.74) is 0.381. The van der Waals surface area contributed by atoms with E-state index in [1.54, 1.807) is 24.3 Å². The maximum Gasteiger partial charge on any atom is 0.308 e. The number of piperazine rings is 1. The van der Waals surface area contributed by atoms with Gasteiger partial charge in [0, 0.05) is 25.8 Å². The van der Waals surface area contributed by atoms with Crippen LogP contribution in [0, 0.1) is 5.92 Å². The van der Waals surface area contributed by atoms with Gasteiger partial charge in [-0.2, -0.15) is 0 Å². The summed E-state index contributed by atoms with van der Waals surface area (Å²) in [6, 6.07) is 5.95. The Labute approximate surface area is 193 Å². The van der Waals surface area contributed by atoms with E-state index in [1.807, 2.05) is 0 Å². The lowest BCUT2D eigenvalue weighted by molar-refractivity contribution is -0.148. The highest BCUT2D eigenvalue weighted by Gasteiger charge is 2.34. The largest absolute Gasteiger partial charge is 0.494 e. The van der Waals surface area contributed by atoms with Gasteiger partial charge < -0.3 is 24.4 Å². The topological polar surface area (TPSA) is 106 Å². The van der Waals surface area contributed by atoms with E-state index < -0.39 is 17.9 Å². The first-order valence-corrected chi connectivity index (χ1v) is 11.0. The molecule has 9 nitrogen and oxygen atoms in total. The van der Waals surface area contributed by atoms with Gasteiger partial charge in [0.25, 0.3) is 5.91 Å². The minimum Gasteiger partial charge on any atom is -0.494 e. The van der Waals surface area contributed by atoms with E-state index in [2.05, 4.69) is 24.5 Å². The monoisotopic (exact) mass is 465 g/mol. The van der Waals surface area contributed by atoms with Crippen LogP contribution < -0.4 is 15.4 Å². The van der Waals surface area contributed by atoms with E-state index in [9.17, 15) is 14.4 Å². The number of carbonyl (C=O) groups excluding carboxylic acids is 3. The predicted octanol–water partition coefficient (Wildman–Crippen LogP) is 1.51. The highest BCUT2D eigenvalue weighted by atomic mass is 32.1. The fourth-order valence-electron chi connectivity index (χ4n) is 3.00. The molecular weight excluding hydrogens is 434 g/mol. The Kier molecular flexibility index (Phi) is 10.4. The van der Waals surface area contributed by atoms with Crippen LogP contribution in [0.15, 0.2) is 24.3 Å². The maximum absolute atomic E-state index is 12.7. The number of nitrogens with one attached hydrogen (secondary N) is 2. The molecule has 1 atom stereocenters. The van der Waals surface area contributed by atoms with Crippen molar-refractivity contribution in [1.29, 1.82) is 0 Å². The van der Waals surface area contributed by atoms with Gasteiger partial charge in [-0.15, -0.1) is 0 Å². The number of carbonyl (C=O) groups is 3. The normalized spacial score (nSPS) is 15.8. The molecule has 1 aliphatic rings. The molecule has 0 saturated carbocycles. The van der Waals surface area contributed by atoms with Gasteiger partial charge in [-0.1, -0.05) is 19.9 Å². The maximum atomic E-state index is 12.7. The van der Waals surface area contributed by atoms with Crippen molar-refractivity contribution in [3.05, 3.63) is 29.8 Å². The van der Waals surface area contributed by atoms with Gasteiger partial charge in [0.1, 0.15) is 18.4 Å². The van der Waals surface area contributed by atoms with E-state index in [-0.39, 0.29) is 30.7 Å². The lowest BCUT2D eigenvalue weighted by atomic mass is 10.1. The van der Waals surface area contributed by atoms with E-state index in [0.29, 0.717) is 36.9 Å². The molecule has 0 spiro atoms. The molecule has 32 heavy (non-hydrogen) atoms. The zero-order valence-electron chi connectivity index (χ0n) is 18.7. The van der Waals surface area contributed by atoms with Crippen molar-refractivity contribution in [3.8, 4) is 5.75 Å². The second kappa shape index (κ2) is 13.0. The van der Waals surface area contributed by atoms with E-state index >= 15 is 0 Å². The molecular formula is C22H31N3O6S. The van der Waals surface area contributed by atoms with Crippen LogP contribution in [-0.4, -0.2) is 73.9 Å². The van der Waals surface area contributed by atoms with Crippen LogP contribution in [-0.2, 0) is 19.1 Å². The van der Waals surface area contributed by atoms with E-state index in [1.165, 1.54) is 12.0 Å². The molecule has 1 heterocycles. The third kappa shape index (κ3) is 8.08. The number of esters is 1. The van der Waals surface area contributed by atoms with Crippen LogP contribution in [0.2, 0.25) is 0 Å². The van der Waals surface area contributed by atoms with Crippen molar-refractivity contribution in [3.63, 3.8) is 0 Å². The zero-order chi connectivity index (χ0) is 23.5. The number of amides is 2. The molecule has 0 aromatic heterocycles. The molecule has 1 fully saturated rings. The minimum absolute atomic E-state index is 0.0747. The number of hydrogen-bond acceptors (Lipinski definition) is 7. The summed E-state index contributed by atoms with van der Waals surface area (Å²) < 4.78 is 15.6. The molecule has 1 aliphatic heterocycles. The van der Waals surface area contributed by atoms with Crippen LogP contribution in [0.3, 0.4) is 0 Å². The third-order valence-electron chi connectivity index (χ3n) is 4.78. The van der Waals surface area contributed by atoms with Gasteiger partial charge in [0.15, 0.2) is 5.11 Å². The van der Waals surface area contributed by atoms with Crippen molar-refractivity contribution >= 4 is 35.1 Å². The van der Waals surface area contributed by atoms with Gasteiger partial charge >= 0.3 is 5.97 Å². The lowest BCUT2D eigenvalue weighted by Crippen LogP contribution is -2.60. The Balaban J connectivity index is 1.98. The first kappa shape index (κ1) is 25.5. The molecule has 2 N–H and O–H groups in total. The van der Waals surface area contributed by atoms with Gasteiger partial charge in [0.05, 0.1) is 19.6 Å². The Morgan fingerprint density at radius 2 is 2.06 bits per heavy atom. The molecule has 1 saturated heterocycles. The fraction of sp³-hybridized carbons (Fsp3) is 0.545. The molecule has 176 valence electrons. The quantitative estimate of drug-likeness (QED) is 0.304. The number of ether oxygens (including phenoxy) is 3. The fourth-order valence-corrected chi connectivity index (χ4v) is 3.31. The zero-order valence-corrected chi connectivity index (χ0v) is 19.5. The summed E-state index contributed by atoms with van der Waals surface area (Å²) in [5.74, 6) is -0.202. The number of thiocarbonyl (C=S) groups is 1. The summed E-state index contributed by atoms with van der Waals surface area (Å²) in [4.78, 5) is 38.7. The van der Waals surface area contributed by atoms with Crippen LogP contribution in [0.5, 0.6) is 5.75 Å². The second-order valence-corrected chi connectivity index (χ2v) is 8.12. The number of methoxy groups -OCH3 is 1. The summed E-state index contributed by atoms with van der Waals surface area (Å²) >= 11 is 5.38. The van der Waals surface area contributed by atoms with Crippen LogP contribution >= 0.6 is 12.2 Å². The number of benzene rings is 1. The molecule has 1 aromatic rings. The molecule has 1 aromatic carbocycles. The smallest absolute Gasteiger partial charge is 0.308 e. The van der Waals surface area contributed by atoms with Crippen LogP contribution in [0.4, 0.5) is 0 Å². The van der Waals surface area contributed by atoms with Crippen molar-refractivity contribution in [2.75, 3.05) is 40.0 Å². The first-order valence-electron chi connectivity index (χ1n) is 10.6. The summed E-state index contributed by atoms with van der Waals surface area (Å²) in [7, 11) is 1.50. The Morgan fingerprint density at radius 1 is 1.28 bits per heavy atom. The van der Waals surface area contributed by atoms with Gasteiger partial charge in [-0.05, 0) is 42.8 Å². The van der Waals surface area contributed by atoms with Crippen LogP contribution in [0.1, 0.15) is 37.0 Å². The standard InChI is InChI=1S/C22H31N3O6S/c1-15(2)7-10-30-17-6-4-5-16(13-17)20(27)24-22(32)25-9-8-23-21(28)18(25)14-19(26)31-12-11-29-3/h4-6,13,15,18H,7-12,14H2,1-3H3,(H,23,28)(H,24,27,32). The molecule has 0 aliphatic carbocycles. The summed E-state index contributed by atoms with van der Waals surface area (Å²) in [5, 5.41) is 5.44. The lowest BCUT2D eigenvalue weighted by Gasteiger charge is -2.36. The number of rotatable bonds is 10. The minimum atomic E-state index is -0.864. The highest BCUT2D eigenvalue weighted by molar-refractivity contribution is 7.80. The van der Waals surface area contributed by atoms with Gasteiger partial charge in [0.2, 0.25) is 5.91 Å². The van der Waals surface area contributed by atoms with Crippen molar-refractivity contribution in [2.24, 2.45) is 5.92 Å². The van der Waals surface area contributed by atoms with Crippen molar-refractivity contribution in [2.45, 2.75) is 32.7 Å². The van der Waals surface area contributed by atoms with Crippen LogP contribution in [0.25, 0.3) is 0 Å². The molecule has 0 radical (unpaired) electrons. The van der Waals surface area contributed by atoms with Crippen molar-refractivity contribution in [1.82, 2.24) is 15.5 Å². The molecule has 2 amide bonds. The number of hydrogen-bond donors (Lipinski definition) is 2. The van der Waals surface area contributed by atoms with Crippen molar-refractivity contribution < 1.29 is 28.6 Å². The second-order valence-electron chi connectivity index (χ2n) is 7.74. The summed E-state index contributed by atoms with van der Waals surface area (Å²) in [6.07, 6.45) is 0.720. The number of nitrogens with zero attached hydrogens (tertiary/aromatic N) is 1. The first-order chi connectivity index (χ1) is 15.3. The Hall–Kier alpha value is -2.72. The Morgan fingerprint density at radius 3 is 2.78 bits per heavy atom. The highest BCUT2D eigenvalue weighted by Crippen LogP contribution is 2.15. The average molecular weight is 466 g/mol. The average Bonchev–Trinajstić information content (AvgIpc) is 2.75. The molecule has 2 rings (SSSR count). The molecule has 10 heteroatoms. The predicted molar refractivity (Wildman–Crippen MR) is 122 cm³/mol. The third-order valence-corrected chi connectivity index (χ3v) is 5.12. The van der Waals surface area contributed by atoms with Gasteiger partial charge in [-0.3, -0.25) is 19.7 Å². The van der Waals surface area contributed by atoms with E-state index in [0.717, 1.165) is 6.42 Å². The summed E-state index contributed by atoms with van der Waals surface area (Å²) in [6.45, 7) is 5.86.